The van der Waals surface area contributed by atoms with Gasteiger partial charge in [-0.2, -0.15) is 0 Å². The maximum atomic E-state index is 14.4. The molecule has 1 N–H and O–H groups in total. The molecule has 8 rings (SSSR count). The smallest absolute Gasteiger partial charge is 0.258 e. The molecule has 58 heavy (non-hydrogen) atoms. The monoisotopic (exact) mass is 796 g/mol. The number of nitrogens with zero attached hydrogens (tertiary/aromatic N) is 3. The summed E-state index contributed by atoms with van der Waals surface area (Å²) in [6, 6.07) is 24.6. The van der Waals surface area contributed by atoms with Gasteiger partial charge in [-0.25, -0.2) is 9.37 Å². The van der Waals surface area contributed by atoms with Crippen LogP contribution in [0.3, 0.4) is 0 Å². The standard InChI is InChI=1S/C29H25FN2OS.C20H28N2O.CH4/c1-18-8-10-21(11-9-18)29(33)32-15-14-22-16-27(20(3)31-25-7-5-4-6-19(25)2)34-28(22)24-13-12-23(30)17-26(24)32;1-4-6-11-20(10-5-2)13-22(14-20)19-17(15(3)23)12-16-8-7-9-18(16)21-19;/h4-13,16-17,31H,3,14-15H2,1-2H3;4,12H,1,5-11,13-14H2,2-3H3;1H4. The third-order valence-corrected chi connectivity index (χ3v) is 12.9. The van der Waals surface area contributed by atoms with Crippen molar-refractivity contribution in [2.24, 2.45) is 5.41 Å². The summed E-state index contributed by atoms with van der Waals surface area (Å²) in [6.45, 7) is 18.6. The molecule has 4 heterocycles. The zero-order valence-corrected chi connectivity index (χ0v) is 34.5. The Balaban J connectivity index is 0.000000207. The van der Waals surface area contributed by atoms with Crippen LogP contribution in [0, 0.1) is 25.1 Å². The van der Waals surface area contributed by atoms with Crippen LogP contribution in [0.4, 0.5) is 21.6 Å². The summed E-state index contributed by atoms with van der Waals surface area (Å²) in [4.78, 5) is 36.5. The number of anilines is 3. The molecule has 0 atom stereocenters. The number of hydrogen-bond acceptors (Lipinski definition) is 6. The van der Waals surface area contributed by atoms with E-state index in [4.69, 9.17) is 4.98 Å². The zero-order chi connectivity index (χ0) is 40.3. The molecule has 302 valence electrons. The number of hydrogen-bond donors (Lipinski definition) is 1. The first-order valence-corrected chi connectivity index (χ1v) is 21.0. The van der Waals surface area contributed by atoms with Gasteiger partial charge in [-0.1, -0.05) is 69.3 Å². The number of allylic oxidation sites excluding steroid dienone is 1. The lowest BCUT2D eigenvalue weighted by atomic mass is 9.72. The maximum absolute atomic E-state index is 14.4. The molecule has 8 heteroatoms. The predicted octanol–water partition coefficient (Wildman–Crippen LogP) is 12.4. The number of carbonyl (C=O) groups is 2. The first-order chi connectivity index (χ1) is 27.5. The number of thiophene rings is 1. The molecular weight excluding hydrogens is 740 g/mol. The number of pyridine rings is 1. The number of halogens is 1. The van der Waals surface area contributed by atoms with E-state index in [1.165, 1.54) is 49.1 Å². The van der Waals surface area contributed by atoms with Gasteiger partial charge in [0, 0.05) is 58.1 Å². The highest BCUT2D eigenvalue weighted by atomic mass is 32.1. The Morgan fingerprint density at radius 3 is 2.43 bits per heavy atom. The lowest BCUT2D eigenvalue weighted by Gasteiger charge is -2.51. The Morgan fingerprint density at radius 1 is 0.966 bits per heavy atom. The Kier molecular flexibility index (Phi) is 13.2. The quantitative estimate of drug-likeness (QED) is 0.107. The molecule has 1 fully saturated rings. The van der Waals surface area contributed by atoms with Gasteiger partial charge in [0.05, 0.1) is 16.1 Å². The molecule has 0 bridgehead atoms. The van der Waals surface area contributed by atoms with E-state index >= 15 is 0 Å². The lowest BCUT2D eigenvalue weighted by Crippen LogP contribution is -2.57. The number of amides is 1. The van der Waals surface area contributed by atoms with Crippen LogP contribution in [0.5, 0.6) is 0 Å². The summed E-state index contributed by atoms with van der Waals surface area (Å²) in [7, 11) is 0. The van der Waals surface area contributed by atoms with Crippen LogP contribution in [-0.2, 0) is 19.3 Å². The number of ketones is 1. The third kappa shape index (κ3) is 8.87. The molecule has 2 aromatic heterocycles. The molecule has 1 amide bonds. The van der Waals surface area contributed by atoms with Crippen molar-refractivity contribution >= 4 is 45.9 Å². The number of benzene rings is 3. The fourth-order valence-corrected chi connectivity index (χ4v) is 9.69. The third-order valence-electron chi connectivity index (χ3n) is 11.6. The van der Waals surface area contributed by atoms with Crippen LogP contribution in [0.2, 0.25) is 0 Å². The van der Waals surface area contributed by atoms with E-state index < -0.39 is 0 Å². The number of aromatic nitrogens is 1. The summed E-state index contributed by atoms with van der Waals surface area (Å²) in [6.07, 6.45) is 10.7. The van der Waals surface area contributed by atoms with Gasteiger partial charge in [-0.3, -0.25) is 9.59 Å². The molecule has 0 radical (unpaired) electrons. The van der Waals surface area contributed by atoms with E-state index in [9.17, 15) is 14.0 Å². The highest BCUT2D eigenvalue weighted by Gasteiger charge is 2.43. The molecule has 3 aliphatic rings. The van der Waals surface area contributed by atoms with Gasteiger partial charge >= 0.3 is 0 Å². The Hall–Kier alpha value is -5.34. The van der Waals surface area contributed by atoms with E-state index in [0.29, 0.717) is 29.6 Å². The molecular formula is C50H57FN4O2S. The SMILES string of the molecule is C.C=C(Nc1ccccc1C)c1cc2c(s1)-c1ccc(F)cc1N(C(=O)c1ccc(C)cc1)CC2.C=CCCC1(CCC)CN(c2nc3c(cc2C(C)=O)CCC3)C1. The molecule has 0 spiro atoms. The van der Waals surface area contributed by atoms with Gasteiger partial charge in [0.25, 0.3) is 5.91 Å². The second-order valence-electron chi connectivity index (χ2n) is 15.9. The molecule has 1 aliphatic carbocycles. The number of rotatable bonds is 11. The van der Waals surface area contributed by atoms with Crippen LogP contribution in [0.25, 0.3) is 16.1 Å². The normalized spacial score (nSPS) is 14.6. The average molecular weight is 797 g/mol. The number of aryl methyl sites for hydroxylation is 4. The summed E-state index contributed by atoms with van der Waals surface area (Å²) in [5.74, 6) is 0.601. The summed E-state index contributed by atoms with van der Waals surface area (Å²) in [5.41, 5.74) is 11.0. The highest BCUT2D eigenvalue weighted by molar-refractivity contribution is 7.16. The predicted molar refractivity (Wildman–Crippen MR) is 242 cm³/mol. The first kappa shape index (κ1) is 42.3. The van der Waals surface area contributed by atoms with Crippen molar-refractivity contribution in [1.29, 1.82) is 0 Å². The fourth-order valence-electron chi connectivity index (χ4n) is 8.52. The van der Waals surface area contributed by atoms with Gasteiger partial charge in [0.2, 0.25) is 0 Å². The number of fused-ring (bicyclic) bond motifs is 4. The summed E-state index contributed by atoms with van der Waals surface area (Å²) < 4.78 is 14.4. The minimum Gasteiger partial charge on any atom is -0.355 e. The Morgan fingerprint density at radius 2 is 1.72 bits per heavy atom. The van der Waals surface area contributed by atoms with Gasteiger partial charge in [0.1, 0.15) is 11.6 Å². The largest absolute Gasteiger partial charge is 0.355 e. The van der Waals surface area contributed by atoms with E-state index in [1.807, 2.05) is 55.5 Å². The first-order valence-electron chi connectivity index (χ1n) is 20.2. The van der Waals surface area contributed by atoms with E-state index in [1.54, 1.807) is 29.2 Å². The molecule has 0 saturated carbocycles. The van der Waals surface area contributed by atoms with Crippen LogP contribution in [0.15, 0.2) is 98.1 Å². The molecule has 0 unspecified atom stereocenters. The van der Waals surface area contributed by atoms with E-state index in [0.717, 1.165) is 87.1 Å². The lowest BCUT2D eigenvalue weighted by molar-refractivity contribution is 0.0985. The van der Waals surface area contributed by atoms with Crippen molar-refractivity contribution in [3.8, 4) is 10.4 Å². The second-order valence-corrected chi connectivity index (χ2v) is 17.0. The van der Waals surface area contributed by atoms with Crippen molar-refractivity contribution in [2.75, 3.05) is 34.8 Å². The van der Waals surface area contributed by atoms with Crippen LogP contribution in [-0.4, -0.2) is 36.3 Å². The molecule has 3 aromatic carbocycles. The average Bonchev–Trinajstić information content (AvgIpc) is 3.81. The van der Waals surface area contributed by atoms with Crippen LogP contribution in [0.1, 0.15) is 107 Å². The molecule has 2 aliphatic heterocycles. The summed E-state index contributed by atoms with van der Waals surface area (Å²) >= 11 is 1.62. The topological polar surface area (TPSA) is 65.5 Å². The Bertz CT molecular complexity index is 2320. The minimum atomic E-state index is -0.355. The van der Waals surface area contributed by atoms with E-state index in [-0.39, 0.29) is 24.9 Å². The van der Waals surface area contributed by atoms with Crippen molar-refractivity contribution in [3.63, 3.8) is 0 Å². The fraction of sp³-hybridized carbons (Fsp3) is 0.340. The van der Waals surface area contributed by atoms with E-state index in [2.05, 4.69) is 55.4 Å². The number of Topliss-reactive ketones (excluding diaryl/α,β-unsaturated/α-hetero) is 1. The molecule has 6 nitrogen and oxygen atoms in total. The van der Waals surface area contributed by atoms with Crippen molar-refractivity contribution < 1.29 is 14.0 Å². The second kappa shape index (κ2) is 18.1. The van der Waals surface area contributed by atoms with Gasteiger partial charge in [0.15, 0.2) is 5.78 Å². The van der Waals surface area contributed by atoms with Gasteiger partial charge in [-0.05, 0) is 131 Å². The number of nitrogens with one attached hydrogen (secondary N) is 1. The van der Waals surface area contributed by atoms with Crippen LogP contribution >= 0.6 is 11.3 Å². The molecule has 1 saturated heterocycles. The summed E-state index contributed by atoms with van der Waals surface area (Å²) in [5, 5.41) is 3.43. The van der Waals surface area contributed by atoms with Crippen molar-refractivity contribution in [3.05, 3.63) is 148 Å². The van der Waals surface area contributed by atoms with Crippen LogP contribution < -0.4 is 15.1 Å². The Labute approximate surface area is 348 Å². The minimum absolute atomic E-state index is 0. The van der Waals surface area contributed by atoms with Gasteiger partial charge < -0.3 is 15.1 Å². The number of para-hydroxylation sites is 1. The van der Waals surface area contributed by atoms with Crippen molar-refractivity contribution in [2.45, 2.75) is 86.5 Å². The highest BCUT2D eigenvalue weighted by Crippen LogP contribution is 2.45. The zero-order valence-electron chi connectivity index (χ0n) is 33.7. The van der Waals surface area contributed by atoms with Crippen molar-refractivity contribution in [1.82, 2.24) is 4.98 Å². The maximum Gasteiger partial charge on any atom is 0.258 e. The molecule has 5 aromatic rings. The van der Waals surface area contributed by atoms with Gasteiger partial charge in [-0.15, -0.1) is 17.9 Å². The number of carbonyl (C=O) groups excluding carboxylic acids is 2.